The van der Waals surface area contributed by atoms with Crippen molar-refractivity contribution < 1.29 is 14.2 Å². The van der Waals surface area contributed by atoms with E-state index in [4.69, 9.17) is 14.2 Å². The maximum atomic E-state index is 6.18. The fourth-order valence-corrected chi connectivity index (χ4v) is 3.48. The van der Waals surface area contributed by atoms with Crippen LogP contribution in [0.2, 0.25) is 0 Å². The molecule has 1 aliphatic rings. The third-order valence-corrected chi connectivity index (χ3v) is 5.27. The standard InChI is InChI=1S/C21H32O3/c1-16-8-11-18(12-9-16)21(2,3)24-14-6-7-17-10-13-19(22-4)20(15-17)23-5/h6-7,10,13,15-16,18H,8-9,11-12,14H2,1-5H3/b7-6+. The van der Waals surface area contributed by atoms with Crippen LogP contribution in [0.25, 0.3) is 6.08 Å². The Morgan fingerprint density at radius 2 is 1.71 bits per heavy atom. The summed E-state index contributed by atoms with van der Waals surface area (Å²) in [6.07, 6.45) is 9.38. The molecule has 0 bridgehead atoms. The fraction of sp³-hybridized carbons (Fsp3) is 0.619. The highest BCUT2D eigenvalue weighted by Gasteiger charge is 2.32. The molecule has 0 amide bonds. The molecule has 1 aromatic rings. The average molecular weight is 332 g/mol. The van der Waals surface area contributed by atoms with Gasteiger partial charge < -0.3 is 14.2 Å². The van der Waals surface area contributed by atoms with Gasteiger partial charge >= 0.3 is 0 Å². The largest absolute Gasteiger partial charge is 0.493 e. The van der Waals surface area contributed by atoms with Gasteiger partial charge in [0.2, 0.25) is 0 Å². The van der Waals surface area contributed by atoms with E-state index in [1.165, 1.54) is 25.7 Å². The molecule has 0 spiro atoms. The highest BCUT2D eigenvalue weighted by Crippen LogP contribution is 2.37. The van der Waals surface area contributed by atoms with Gasteiger partial charge in [-0.25, -0.2) is 0 Å². The van der Waals surface area contributed by atoms with Crippen LogP contribution in [0.15, 0.2) is 24.3 Å². The molecule has 0 aliphatic heterocycles. The highest BCUT2D eigenvalue weighted by molar-refractivity contribution is 5.55. The minimum absolute atomic E-state index is 0.0535. The van der Waals surface area contributed by atoms with Crippen molar-refractivity contribution in [2.75, 3.05) is 20.8 Å². The van der Waals surface area contributed by atoms with Crippen LogP contribution in [-0.2, 0) is 4.74 Å². The summed E-state index contributed by atoms with van der Waals surface area (Å²) in [7, 11) is 3.30. The fourth-order valence-electron chi connectivity index (χ4n) is 3.48. The first-order valence-corrected chi connectivity index (χ1v) is 8.98. The lowest BCUT2D eigenvalue weighted by atomic mass is 9.75. The Balaban J connectivity index is 1.87. The van der Waals surface area contributed by atoms with Crippen molar-refractivity contribution in [1.29, 1.82) is 0 Å². The lowest BCUT2D eigenvalue weighted by Gasteiger charge is -2.38. The third-order valence-electron chi connectivity index (χ3n) is 5.27. The Hall–Kier alpha value is -1.48. The van der Waals surface area contributed by atoms with Crippen LogP contribution < -0.4 is 9.47 Å². The minimum atomic E-state index is -0.0535. The highest BCUT2D eigenvalue weighted by atomic mass is 16.5. The van der Waals surface area contributed by atoms with E-state index in [0.29, 0.717) is 12.5 Å². The van der Waals surface area contributed by atoms with Crippen molar-refractivity contribution in [2.24, 2.45) is 11.8 Å². The molecule has 0 N–H and O–H groups in total. The zero-order valence-electron chi connectivity index (χ0n) is 15.8. The number of rotatable bonds is 7. The second kappa shape index (κ2) is 8.57. The van der Waals surface area contributed by atoms with Crippen molar-refractivity contribution in [3.63, 3.8) is 0 Å². The van der Waals surface area contributed by atoms with Gasteiger partial charge in [0.15, 0.2) is 11.5 Å². The van der Waals surface area contributed by atoms with Crippen LogP contribution >= 0.6 is 0 Å². The van der Waals surface area contributed by atoms with Crippen LogP contribution in [0.4, 0.5) is 0 Å². The monoisotopic (exact) mass is 332 g/mol. The molecule has 2 rings (SSSR count). The Morgan fingerprint density at radius 1 is 1.04 bits per heavy atom. The van der Waals surface area contributed by atoms with Crippen LogP contribution in [-0.4, -0.2) is 26.4 Å². The lowest BCUT2D eigenvalue weighted by molar-refractivity contribution is -0.0607. The van der Waals surface area contributed by atoms with Crippen LogP contribution in [0.1, 0.15) is 52.0 Å². The van der Waals surface area contributed by atoms with Crippen molar-refractivity contribution in [2.45, 2.75) is 52.1 Å². The quantitative estimate of drug-likeness (QED) is 0.674. The number of hydrogen-bond donors (Lipinski definition) is 0. The molecule has 0 aromatic heterocycles. The van der Waals surface area contributed by atoms with Crippen molar-refractivity contribution in [3.05, 3.63) is 29.8 Å². The maximum Gasteiger partial charge on any atom is 0.161 e. The Kier molecular flexibility index (Phi) is 6.73. The topological polar surface area (TPSA) is 27.7 Å². The molecule has 0 atom stereocenters. The summed E-state index contributed by atoms with van der Waals surface area (Å²) in [4.78, 5) is 0. The number of hydrogen-bond acceptors (Lipinski definition) is 3. The predicted molar refractivity (Wildman–Crippen MR) is 99.7 cm³/mol. The van der Waals surface area contributed by atoms with Gasteiger partial charge in [-0.3, -0.25) is 0 Å². The van der Waals surface area contributed by atoms with E-state index < -0.39 is 0 Å². The Bertz CT molecular complexity index is 540. The van der Waals surface area contributed by atoms with E-state index in [1.807, 2.05) is 18.2 Å². The number of benzene rings is 1. The SMILES string of the molecule is COc1ccc(/C=C/COC(C)(C)C2CCC(C)CC2)cc1OC. The van der Waals surface area contributed by atoms with Gasteiger partial charge in [-0.05, 0) is 56.2 Å². The normalized spacial score (nSPS) is 21.9. The molecule has 0 radical (unpaired) electrons. The molecule has 0 heterocycles. The van der Waals surface area contributed by atoms with Crippen LogP contribution in [0, 0.1) is 11.8 Å². The van der Waals surface area contributed by atoms with Gasteiger partial charge in [-0.1, -0.05) is 38.0 Å². The Labute approximate surface area is 147 Å². The smallest absolute Gasteiger partial charge is 0.161 e. The second-order valence-corrected chi connectivity index (χ2v) is 7.39. The zero-order valence-corrected chi connectivity index (χ0v) is 15.8. The first-order chi connectivity index (χ1) is 11.5. The maximum absolute atomic E-state index is 6.18. The molecule has 1 saturated carbocycles. The molecule has 24 heavy (non-hydrogen) atoms. The molecule has 3 nitrogen and oxygen atoms in total. The molecular formula is C21H32O3. The molecule has 1 fully saturated rings. The molecular weight excluding hydrogens is 300 g/mol. The van der Waals surface area contributed by atoms with Crippen molar-refractivity contribution in [1.82, 2.24) is 0 Å². The van der Waals surface area contributed by atoms with E-state index in [2.05, 4.69) is 32.9 Å². The number of methoxy groups -OCH3 is 2. The van der Waals surface area contributed by atoms with Crippen molar-refractivity contribution >= 4 is 6.08 Å². The van der Waals surface area contributed by atoms with Gasteiger partial charge in [0.1, 0.15) is 0 Å². The molecule has 3 heteroatoms. The van der Waals surface area contributed by atoms with E-state index >= 15 is 0 Å². The molecule has 1 aliphatic carbocycles. The molecule has 1 aromatic carbocycles. The van der Waals surface area contributed by atoms with Gasteiger partial charge in [-0.15, -0.1) is 0 Å². The summed E-state index contributed by atoms with van der Waals surface area (Å²) in [5.41, 5.74) is 1.03. The summed E-state index contributed by atoms with van der Waals surface area (Å²) in [6, 6.07) is 5.92. The van der Waals surface area contributed by atoms with Crippen LogP contribution in [0.5, 0.6) is 11.5 Å². The molecule has 134 valence electrons. The van der Waals surface area contributed by atoms with Crippen molar-refractivity contribution in [3.8, 4) is 11.5 Å². The summed E-state index contributed by atoms with van der Waals surface area (Å²) < 4.78 is 16.8. The van der Waals surface area contributed by atoms with E-state index in [9.17, 15) is 0 Å². The molecule has 0 unspecified atom stereocenters. The lowest BCUT2D eigenvalue weighted by Crippen LogP contribution is -2.36. The third kappa shape index (κ3) is 5.01. The summed E-state index contributed by atoms with van der Waals surface area (Å²) in [6.45, 7) is 7.46. The van der Waals surface area contributed by atoms with Gasteiger partial charge in [0, 0.05) is 0 Å². The van der Waals surface area contributed by atoms with Gasteiger partial charge in [-0.2, -0.15) is 0 Å². The predicted octanol–water partition coefficient (Wildman–Crippen LogP) is 5.34. The first kappa shape index (κ1) is 18.9. The van der Waals surface area contributed by atoms with E-state index in [1.54, 1.807) is 14.2 Å². The van der Waals surface area contributed by atoms with E-state index in [0.717, 1.165) is 23.0 Å². The average Bonchev–Trinajstić information content (AvgIpc) is 2.59. The number of ether oxygens (including phenoxy) is 3. The van der Waals surface area contributed by atoms with Gasteiger partial charge in [0.25, 0.3) is 0 Å². The summed E-state index contributed by atoms with van der Waals surface area (Å²) >= 11 is 0. The van der Waals surface area contributed by atoms with Gasteiger partial charge in [0.05, 0.1) is 26.4 Å². The first-order valence-electron chi connectivity index (χ1n) is 8.98. The van der Waals surface area contributed by atoms with E-state index in [-0.39, 0.29) is 5.60 Å². The summed E-state index contributed by atoms with van der Waals surface area (Å²) in [5, 5.41) is 0. The zero-order chi connectivity index (χ0) is 17.6. The minimum Gasteiger partial charge on any atom is -0.493 e. The Morgan fingerprint density at radius 3 is 2.33 bits per heavy atom. The van der Waals surface area contributed by atoms with Crippen LogP contribution in [0.3, 0.4) is 0 Å². The molecule has 0 saturated heterocycles. The second-order valence-electron chi connectivity index (χ2n) is 7.39. The summed E-state index contributed by atoms with van der Waals surface area (Å²) in [5.74, 6) is 3.04.